The summed E-state index contributed by atoms with van der Waals surface area (Å²) in [5.74, 6) is 1.71. The summed E-state index contributed by atoms with van der Waals surface area (Å²) in [6.07, 6.45) is 0.497. The monoisotopic (exact) mass is 341 g/mol. The maximum Gasteiger partial charge on any atom is 0.119 e. The van der Waals surface area contributed by atoms with Gasteiger partial charge in [-0.15, -0.1) is 0 Å². The molecule has 0 amide bonds. The van der Waals surface area contributed by atoms with Crippen LogP contribution in [-0.4, -0.2) is 42.9 Å². The number of aryl methyl sites for hydroxylation is 2. The molecule has 1 aliphatic rings. The first kappa shape index (κ1) is 17.8. The molecule has 1 N–H and O–H groups in total. The zero-order valence-corrected chi connectivity index (χ0v) is 15.3. The molecule has 0 saturated carbocycles. The number of hydrogen-bond acceptors (Lipinski definition) is 4. The molecular weight excluding hydrogens is 314 g/mol. The normalized spacial score (nSPS) is 15.5. The summed E-state index contributed by atoms with van der Waals surface area (Å²) in [4.78, 5) is 2.28. The van der Waals surface area contributed by atoms with Crippen molar-refractivity contribution in [2.45, 2.75) is 32.9 Å². The molecule has 0 aliphatic carbocycles. The van der Waals surface area contributed by atoms with Gasteiger partial charge in [0.25, 0.3) is 0 Å². The van der Waals surface area contributed by atoms with E-state index in [4.69, 9.17) is 9.47 Å². The van der Waals surface area contributed by atoms with E-state index >= 15 is 0 Å². The summed E-state index contributed by atoms with van der Waals surface area (Å²) < 4.78 is 11.1. The third-order valence-electron chi connectivity index (χ3n) is 4.61. The summed E-state index contributed by atoms with van der Waals surface area (Å²) >= 11 is 0. The molecular formula is C21H27NO3. The minimum atomic E-state index is -0.507. The van der Waals surface area contributed by atoms with Crippen molar-refractivity contribution < 1.29 is 14.6 Å². The highest BCUT2D eigenvalue weighted by molar-refractivity contribution is 5.37. The number of aliphatic hydroxyl groups excluding tert-OH is 1. The van der Waals surface area contributed by atoms with Crippen molar-refractivity contribution >= 4 is 0 Å². The smallest absolute Gasteiger partial charge is 0.119 e. The third kappa shape index (κ3) is 4.74. The van der Waals surface area contributed by atoms with Crippen molar-refractivity contribution in [2.75, 3.05) is 26.8 Å². The van der Waals surface area contributed by atoms with Crippen LogP contribution < -0.4 is 9.47 Å². The van der Waals surface area contributed by atoms with E-state index in [9.17, 15) is 5.11 Å². The minimum absolute atomic E-state index is 0.310. The number of methoxy groups -OCH3 is 1. The topological polar surface area (TPSA) is 41.9 Å². The molecule has 2 aromatic rings. The van der Waals surface area contributed by atoms with E-state index in [0.717, 1.165) is 31.0 Å². The largest absolute Gasteiger partial charge is 0.497 e. The predicted octanol–water partition coefficient (Wildman–Crippen LogP) is 3.11. The fraction of sp³-hybridized carbons (Fsp3) is 0.429. The molecule has 1 aliphatic heterocycles. The van der Waals surface area contributed by atoms with Crippen LogP contribution in [0.3, 0.4) is 0 Å². The van der Waals surface area contributed by atoms with Gasteiger partial charge < -0.3 is 14.6 Å². The Labute approximate surface area is 150 Å². The fourth-order valence-electron chi connectivity index (χ4n) is 3.43. The Kier molecular flexibility index (Phi) is 5.61. The number of ether oxygens (including phenoxy) is 2. The van der Waals surface area contributed by atoms with Gasteiger partial charge in [0.1, 0.15) is 24.2 Å². The summed E-state index contributed by atoms with van der Waals surface area (Å²) in [5.41, 5.74) is 5.00. The Morgan fingerprint density at radius 2 is 1.80 bits per heavy atom. The molecule has 0 saturated heterocycles. The Balaban J connectivity index is 1.53. The average Bonchev–Trinajstić information content (AvgIpc) is 2.58. The third-order valence-corrected chi connectivity index (χ3v) is 4.61. The summed E-state index contributed by atoms with van der Waals surface area (Å²) in [6, 6.07) is 12.4. The maximum absolute atomic E-state index is 10.4. The summed E-state index contributed by atoms with van der Waals surface area (Å²) in [7, 11) is 1.69. The first-order chi connectivity index (χ1) is 12.0. The SMILES string of the molecule is COc1ccc2c(c1)CN(CC(O)COc1cc(C)cc(C)c1)CC2. The van der Waals surface area contributed by atoms with Crippen LogP contribution in [0.15, 0.2) is 36.4 Å². The molecule has 0 radical (unpaired) electrons. The minimum Gasteiger partial charge on any atom is -0.497 e. The first-order valence-corrected chi connectivity index (χ1v) is 8.81. The zero-order chi connectivity index (χ0) is 17.8. The van der Waals surface area contributed by atoms with Gasteiger partial charge in [0.2, 0.25) is 0 Å². The second kappa shape index (κ2) is 7.89. The van der Waals surface area contributed by atoms with Crippen molar-refractivity contribution in [1.29, 1.82) is 0 Å². The Morgan fingerprint density at radius 1 is 1.04 bits per heavy atom. The highest BCUT2D eigenvalue weighted by Crippen LogP contribution is 2.24. The predicted molar refractivity (Wildman–Crippen MR) is 99.4 cm³/mol. The van der Waals surface area contributed by atoms with E-state index in [2.05, 4.69) is 36.9 Å². The number of fused-ring (bicyclic) bond motifs is 1. The van der Waals surface area contributed by atoms with Gasteiger partial charge in [-0.25, -0.2) is 0 Å². The van der Waals surface area contributed by atoms with Crippen molar-refractivity contribution in [3.63, 3.8) is 0 Å². The molecule has 1 atom stereocenters. The molecule has 1 unspecified atom stereocenters. The van der Waals surface area contributed by atoms with Crippen molar-refractivity contribution in [3.8, 4) is 11.5 Å². The first-order valence-electron chi connectivity index (χ1n) is 8.81. The molecule has 1 heterocycles. The number of benzene rings is 2. The van der Waals surface area contributed by atoms with Crippen LogP contribution in [0.4, 0.5) is 0 Å². The van der Waals surface area contributed by atoms with Gasteiger partial charge in [0.15, 0.2) is 0 Å². The van der Waals surface area contributed by atoms with Crippen LogP contribution in [0.5, 0.6) is 11.5 Å². The van der Waals surface area contributed by atoms with Gasteiger partial charge in [0, 0.05) is 19.6 Å². The number of aliphatic hydroxyl groups is 1. The second-order valence-electron chi connectivity index (χ2n) is 6.91. The van der Waals surface area contributed by atoms with Gasteiger partial charge in [-0.05, 0) is 66.8 Å². The Bertz CT molecular complexity index is 709. The van der Waals surface area contributed by atoms with E-state index in [1.807, 2.05) is 18.2 Å². The Morgan fingerprint density at radius 3 is 2.52 bits per heavy atom. The fourth-order valence-corrected chi connectivity index (χ4v) is 3.43. The van der Waals surface area contributed by atoms with Crippen LogP contribution in [-0.2, 0) is 13.0 Å². The maximum atomic E-state index is 10.4. The molecule has 4 heteroatoms. The van der Waals surface area contributed by atoms with Crippen LogP contribution in [0.1, 0.15) is 22.3 Å². The quantitative estimate of drug-likeness (QED) is 0.877. The van der Waals surface area contributed by atoms with Crippen molar-refractivity contribution in [1.82, 2.24) is 4.90 Å². The van der Waals surface area contributed by atoms with E-state index < -0.39 is 6.10 Å². The number of rotatable bonds is 6. The highest BCUT2D eigenvalue weighted by Gasteiger charge is 2.19. The van der Waals surface area contributed by atoms with Crippen LogP contribution >= 0.6 is 0 Å². The molecule has 0 fully saturated rings. The molecule has 25 heavy (non-hydrogen) atoms. The molecule has 4 nitrogen and oxygen atoms in total. The number of β-amino-alcohol motifs (C(OH)–C–C–N with tert-alkyl or cyclic N) is 1. The average molecular weight is 341 g/mol. The van der Waals surface area contributed by atoms with Crippen LogP contribution in [0.25, 0.3) is 0 Å². The molecule has 134 valence electrons. The van der Waals surface area contributed by atoms with E-state index in [-0.39, 0.29) is 0 Å². The highest BCUT2D eigenvalue weighted by atomic mass is 16.5. The lowest BCUT2D eigenvalue weighted by atomic mass is 9.99. The second-order valence-corrected chi connectivity index (χ2v) is 6.91. The standard InChI is InChI=1S/C21H27NO3/c1-15-8-16(2)10-21(9-15)25-14-19(23)13-22-7-6-17-4-5-20(24-3)11-18(17)12-22/h4-5,8-11,19,23H,6-7,12-14H2,1-3H3. The Hall–Kier alpha value is -2.04. The number of nitrogens with zero attached hydrogens (tertiary/aromatic N) is 1. The van der Waals surface area contributed by atoms with Gasteiger partial charge >= 0.3 is 0 Å². The number of hydrogen-bond donors (Lipinski definition) is 1. The van der Waals surface area contributed by atoms with Gasteiger partial charge in [0.05, 0.1) is 7.11 Å². The van der Waals surface area contributed by atoms with Crippen molar-refractivity contribution in [2.24, 2.45) is 0 Å². The van der Waals surface area contributed by atoms with Crippen LogP contribution in [0.2, 0.25) is 0 Å². The molecule has 0 spiro atoms. The van der Waals surface area contributed by atoms with E-state index in [1.54, 1.807) is 7.11 Å². The summed E-state index contributed by atoms with van der Waals surface area (Å²) in [5, 5.41) is 10.4. The van der Waals surface area contributed by atoms with E-state index in [1.165, 1.54) is 22.3 Å². The van der Waals surface area contributed by atoms with E-state index in [0.29, 0.717) is 13.2 Å². The molecule has 2 aromatic carbocycles. The van der Waals surface area contributed by atoms with Gasteiger partial charge in [-0.2, -0.15) is 0 Å². The van der Waals surface area contributed by atoms with Gasteiger partial charge in [-0.3, -0.25) is 4.90 Å². The lowest BCUT2D eigenvalue weighted by Crippen LogP contribution is -2.38. The van der Waals surface area contributed by atoms with Crippen LogP contribution in [0, 0.1) is 13.8 Å². The molecule has 0 aromatic heterocycles. The zero-order valence-electron chi connectivity index (χ0n) is 15.3. The van der Waals surface area contributed by atoms with Crippen molar-refractivity contribution in [3.05, 3.63) is 58.7 Å². The molecule has 0 bridgehead atoms. The lowest BCUT2D eigenvalue weighted by Gasteiger charge is -2.30. The lowest BCUT2D eigenvalue weighted by molar-refractivity contribution is 0.0637. The van der Waals surface area contributed by atoms with Gasteiger partial charge in [-0.1, -0.05) is 12.1 Å². The molecule has 3 rings (SSSR count). The summed E-state index contributed by atoms with van der Waals surface area (Å²) in [6.45, 7) is 6.82.